The Morgan fingerprint density at radius 3 is 1.78 bits per heavy atom. The van der Waals surface area contributed by atoms with E-state index in [0.29, 0.717) is 5.56 Å². The molecule has 0 bridgehead atoms. The molecule has 0 aromatic heterocycles. The molecule has 5 nitrogen and oxygen atoms in total. The standard InChI is InChI=1S/C52H66N2O3S/c1-6-10-14-16-20-42-24-31-46(32-25-42)53(38-12-8-3)47-33-27-44(28-34-47)52(49-22-18-19-23-51(49)58(55,56)57)45-29-35-48(36-30-45)54(39-13-9-4)50-37-26-43(40-41(50)5)21-17-15-11-7-2/h18-19,22-37,40H,6-17,20-21,38-39H2,1-5H3/p+1. The van der Waals surface area contributed by atoms with Gasteiger partial charge in [-0.3, -0.25) is 4.55 Å². The van der Waals surface area contributed by atoms with Gasteiger partial charge in [0.05, 0.1) is 0 Å². The van der Waals surface area contributed by atoms with Crippen LogP contribution in [0.5, 0.6) is 0 Å². The van der Waals surface area contributed by atoms with Gasteiger partial charge in [-0.25, -0.2) is 0 Å². The molecule has 1 N–H and O–H groups in total. The molecule has 0 atom stereocenters. The number of benzene rings is 4. The quantitative estimate of drug-likeness (QED) is 0.0489. The molecule has 0 aliphatic heterocycles. The highest BCUT2D eigenvalue weighted by molar-refractivity contribution is 7.86. The lowest BCUT2D eigenvalue weighted by molar-refractivity contribution is -0.440. The number of hydrogen-bond acceptors (Lipinski definition) is 3. The first-order valence-corrected chi connectivity index (χ1v) is 23.5. The maximum absolute atomic E-state index is 12.8. The van der Waals surface area contributed by atoms with Crippen LogP contribution in [0.2, 0.25) is 0 Å². The molecular formula is C52H67N2O3S+. The van der Waals surface area contributed by atoms with E-state index in [1.807, 2.05) is 6.07 Å². The average molecular weight is 800 g/mol. The minimum Gasteiger partial charge on any atom is -0.341 e. The van der Waals surface area contributed by atoms with Gasteiger partial charge in [0.25, 0.3) is 10.1 Å². The topological polar surface area (TPSA) is 60.6 Å². The first kappa shape index (κ1) is 44.6. The molecule has 0 radical (unpaired) electrons. The van der Waals surface area contributed by atoms with E-state index in [0.717, 1.165) is 79.7 Å². The number of anilines is 2. The normalized spacial score (nSPS) is 12.7. The van der Waals surface area contributed by atoms with E-state index >= 15 is 0 Å². The number of allylic oxidation sites excluding steroid dienone is 5. The lowest BCUT2D eigenvalue weighted by Crippen LogP contribution is -2.18. The highest BCUT2D eigenvalue weighted by atomic mass is 32.2. The summed E-state index contributed by atoms with van der Waals surface area (Å²) in [6.07, 6.45) is 25.0. The van der Waals surface area contributed by atoms with E-state index in [9.17, 15) is 13.0 Å². The van der Waals surface area contributed by atoms with Gasteiger partial charge in [-0.1, -0.05) is 128 Å². The van der Waals surface area contributed by atoms with Crippen molar-refractivity contribution in [3.05, 3.63) is 149 Å². The minimum absolute atomic E-state index is 0.104. The van der Waals surface area contributed by atoms with E-state index in [1.54, 1.807) is 12.1 Å². The smallest absolute Gasteiger partial charge is 0.295 e. The Morgan fingerprint density at radius 2 is 1.19 bits per heavy atom. The molecule has 0 amide bonds. The molecule has 308 valence electrons. The van der Waals surface area contributed by atoms with Crippen LogP contribution >= 0.6 is 0 Å². The molecule has 6 heteroatoms. The van der Waals surface area contributed by atoms with Gasteiger partial charge < -0.3 is 4.90 Å². The van der Waals surface area contributed by atoms with Crippen LogP contribution in [0, 0.1) is 6.92 Å². The second kappa shape index (κ2) is 22.6. The summed E-state index contributed by atoms with van der Waals surface area (Å²) in [5.41, 5.74) is 11.6. The summed E-state index contributed by atoms with van der Waals surface area (Å²) in [6.45, 7) is 13.0. The minimum atomic E-state index is -4.50. The van der Waals surface area contributed by atoms with Crippen LogP contribution in [-0.4, -0.2) is 36.3 Å². The third kappa shape index (κ3) is 12.3. The molecule has 58 heavy (non-hydrogen) atoms. The van der Waals surface area contributed by atoms with Gasteiger partial charge in [-0.05, 0) is 115 Å². The van der Waals surface area contributed by atoms with Crippen molar-refractivity contribution in [2.24, 2.45) is 0 Å². The van der Waals surface area contributed by atoms with Gasteiger partial charge in [0.1, 0.15) is 11.4 Å². The highest BCUT2D eigenvalue weighted by Crippen LogP contribution is 2.36. The molecule has 0 saturated carbocycles. The molecule has 1 aliphatic rings. The fourth-order valence-electron chi connectivity index (χ4n) is 7.95. The highest BCUT2D eigenvalue weighted by Gasteiger charge is 2.23. The third-order valence-electron chi connectivity index (χ3n) is 11.3. The molecule has 5 rings (SSSR count). The van der Waals surface area contributed by atoms with Gasteiger partial charge in [-0.2, -0.15) is 13.0 Å². The van der Waals surface area contributed by atoms with E-state index in [1.165, 1.54) is 85.5 Å². The number of hydrogen-bond donors (Lipinski definition) is 1. The van der Waals surface area contributed by atoms with Gasteiger partial charge in [-0.15, -0.1) is 0 Å². The Hall–Kier alpha value is -4.52. The van der Waals surface area contributed by atoms with E-state index in [4.69, 9.17) is 0 Å². The summed E-state index contributed by atoms with van der Waals surface area (Å²) in [6, 6.07) is 31.1. The number of aryl methyl sites for hydroxylation is 3. The maximum Gasteiger partial charge on any atom is 0.295 e. The van der Waals surface area contributed by atoms with Gasteiger partial charge in [0, 0.05) is 53.7 Å². The van der Waals surface area contributed by atoms with Crippen molar-refractivity contribution >= 4 is 38.5 Å². The van der Waals surface area contributed by atoms with Crippen molar-refractivity contribution in [2.75, 3.05) is 18.0 Å². The van der Waals surface area contributed by atoms with Crippen molar-refractivity contribution in [1.82, 2.24) is 0 Å². The summed E-state index contributed by atoms with van der Waals surface area (Å²) in [5, 5.41) is 0. The summed E-state index contributed by atoms with van der Waals surface area (Å²) in [5.74, 6) is 0. The zero-order valence-electron chi connectivity index (χ0n) is 35.8. The fraction of sp³-hybridized carbons (Fsp3) is 0.404. The number of nitrogens with zero attached hydrogens (tertiary/aromatic N) is 2. The van der Waals surface area contributed by atoms with Crippen LogP contribution in [0.4, 0.5) is 17.1 Å². The van der Waals surface area contributed by atoms with E-state index < -0.39 is 10.1 Å². The molecular weight excluding hydrogens is 733 g/mol. The van der Waals surface area contributed by atoms with Crippen LogP contribution < -0.4 is 4.90 Å². The van der Waals surface area contributed by atoms with Crippen molar-refractivity contribution in [2.45, 2.75) is 129 Å². The van der Waals surface area contributed by atoms with Crippen LogP contribution in [0.25, 0.3) is 5.57 Å². The lowest BCUT2D eigenvalue weighted by Gasteiger charge is -2.26. The van der Waals surface area contributed by atoms with Crippen molar-refractivity contribution in [1.29, 1.82) is 0 Å². The summed E-state index contributed by atoms with van der Waals surface area (Å²) >= 11 is 0. The zero-order valence-corrected chi connectivity index (χ0v) is 36.7. The molecule has 4 aromatic carbocycles. The molecule has 4 aromatic rings. The van der Waals surface area contributed by atoms with Crippen molar-refractivity contribution in [3.8, 4) is 0 Å². The van der Waals surface area contributed by atoms with Gasteiger partial charge >= 0.3 is 0 Å². The SMILES string of the molecule is CCCCCCc1ccc(N(CCCC)c2ccc(C(=C3C=CC(=[N+](CCCC)c4ccc(CCCCCC)cc4C)C=C3)c3ccccc3S(=O)(=O)O)cc2)cc1. The second-order valence-electron chi connectivity index (χ2n) is 15.9. The van der Waals surface area contributed by atoms with Crippen molar-refractivity contribution < 1.29 is 17.5 Å². The van der Waals surface area contributed by atoms with Crippen LogP contribution in [-0.2, 0) is 23.0 Å². The number of rotatable bonds is 22. The number of unbranched alkanes of at least 4 members (excludes halogenated alkanes) is 8. The molecule has 0 fully saturated rings. The van der Waals surface area contributed by atoms with E-state index in [-0.39, 0.29) is 4.90 Å². The summed E-state index contributed by atoms with van der Waals surface area (Å²) in [7, 11) is -4.50. The van der Waals surface area contributed by atoms with Crippen LogP contribution in [0.15, 0.2) is 126 Å². The first-order chi connectivity index (χ1) is 28.2. The lowest BCUT2D eigenvalue weighted by atomic mass is 9.90. The average Bonchev–Trinajstić information content (AvgIpc) is 3.23. The first-order valence-electron chi connectivity index (χ1n) is 22.1. The van der Waals surface area contributed by atoms with Crippen molar-refractivity contribution in [3.63, 3.8) is 0 Å². The molecule has 1 aliphatic carbocycles. The predicted octanol–water partition coefficient (Wildman–Crippen LogP) is 13.9. The third-order valence-corrected chi connectivity index (χ3v) is 12.2. The predicted molar refractivity (Wildman–Crippen MR) is 247 cm³/mol. The maximum atomic E-state index is 12.8. The molecule has 0 saturated heterocycles. The molecule has 0 heterocycles. The zero-order chi connectivity index (χ0) is 41.3. The Bertz CT molecular complexity index is 2140. The summed E-state index contributed by atoms with van der Waals surface area (Å²) in [4.78, 5) is 2.27. The fourth-order valence-corrected chi connectivity index (χ4v) is 8.65. The largest absolute Gasteiger partial charge is 0.341 e. The van der Waals surface area contributed by atoms with Crippen LogP contribution in [0.3, 0.4) is 0 Å². The Balaban J connectivity index is 1.53. The van der Waals surface area contributed by atoms with E-state index in [2.05, 4.69) is 135 Å². The molecule has 0 unspecified atom stereocenters. The summed E-state index contributed by atoms with van der Waals surface area (Å²) < 4.78 is 38.4. The second-order valence-corrected chi connectivity index (χ2v) is 17.2. The Labute approximate surface area is 350 Å². The Kier molecular flexibility index (Phi) is 17.4. The molecule has 0 spiro atoms. The Morgan fingerprint density at radius 1 is 0.621 bits per heavy atom. The van der Waals surface area contributed by atoms with Crippen LogP contribution in [0.1, 0.15) is 133 Å². The monoisotopic (exact) mass is 799 g/mol. The van der Waals surface area contributed by atoms with Gasteiger partial charge in [0.15, 0.2) is 0 Å². The van der Waals surface area contributed by atoms with Gasteiger partial charge in [0.2, 0.25) is 11.4 Å².